The molecule has 0 aliphatic heterocycles. The number of hydrogen-bond donors (Lipinski definition) is 3. The SMILES string of the molecule is CCCC([O])(O)C(O)O. The van der Waals surface area contributed by atoms with Gasteiger partial charge in [-0.3, -0.25) is 0 Å². The van der Waals surface area contributed by atoms with Crippen LogP contribution < -0.4 is 0 Å². The quantitative estimate of drug-likeness (QED) is 0.444. The average molecular weight is 135 g/mol. The van der Waals surface area contributed by atoms with Crippen LogP contribution in [0.15, 0.2) is 0 Å². The molecule has 9 heavy (non-hydrogen) atoms. The Morgan fingerprint density at radius 3 is 2.11 bits per heavy atom. The number of rotatable bonds is 3. The van der Waals surface area contributed by atoms with Crippen molar-refractivity contribution >= 4 is 0 Å². The summed E-state index contributed by atoms with van der Waals surface area (Å²) < 4.78 is 0. The lowest BCUT2D eigenvalue weighted by molar-refractivity contribution is -0.319. The van der Waals surface area contributed by atoms with Gasteiger partial charge in [-0.15, -0.1) is 0 Å². The molecular formula is C5H11O4. The monoisotopic (exact) mass is 135 g/mol. The standard InChI is InChI=1S/C5H11O4/c1-2-3-5(8,9)4(6)7/h4,6-8H,2-3H2,1H3. The molecule has 0 spiro atoms. The van der Waals surface area contributed by atoms with Gasteiger partial charge in [-0.2, -0.15) is 5.11 Å². The Morgan fingerprint density at radius 1 is 1.56 bits per heavy atom. The van der Waals surface area contributed by atoms with Crippen LogP contribution in [-0.2, 0) is 5.11 Å². The molecule has 0 bridgehead atoms. The maximum absolute atomic E-state index is 10.5. The van der Waals surface area contributed by atoms with Crippen molar-refractivity contribution in [2.75, 3.05) is 0 Å². The minimum absolute atomic E-state index is 0.148. The van der Waals surface area contributed by atoms with Crippen LogP contribution in [0.4, 0.5) is 0 Å². The normalized spacial score (nSPS) is 12.7. The number of aliphatic hydroxyl groups is 3. The summed E-state index contributed by atoms with van der Waals surface area (Å²) in [6.07, 6.45) is -1.90. The van der Waals surface area contributed by atoms with Gasteiger partial charge in [0.2, 0.25) is 12.1 Å². The molecule has 1 unspecified atom stereocenters. The Balaban J connectivity index is 3.70. The maximum atomic E-state index is 10.5. The van der Waals surface area contributed by atoms with Crippen LogP contribution in [0.2, 0.25) is 0 Å². The fourth-order valence-electron chi connectivity index (χ4n) is 0.487. The molecule has 4 heteroatoms. The van der Waals surface area contributed by atoms with Gasteiger partial charge >= 0.3 is 0 Å². The second kappa shape index (κ2) is 3.12. The summed E-state index contributed by atoms with van der Waals surface area (Å²) in [5.74, 6) is -2.59. The van der Waals surface area contributed by atoms with Crippen molar-refractivity contribution in [2.24, 2.45) is 0 Å². The van der Waals surface area contributed by atoms with E-state index in [-0.39, 0.29) is 6.42 Å². The lowest BCUT2D eigenvalue weighted by Crippen LogP contribution is -2.40. The van der Waals surface area contributed by atoms with E-state index in [1.807, 2.05) is 0 Å². The Bertz CT molecular complexity index is 79.0. The van der Waals surface area contributed by atoms with Crippen molar-refractivity contribution in [1.29, 1.82) is 0 Å². The van der Waals surface area contributed by atoms with Gasteiger partial charge < -0.3 is 15.3 Å². The van der Waals surface area contributed by atoms with E-state index in [9.17, 15) is 5.11 Å². The molecule has 3 N–H and O–H groups in total. The van der Waals surface area contributed by atoms with Crippen LogP contribution in [0.25, 0.3) is 0 Å². The van der Waals surface area contributed by atoms with Crippen LogP contribution in [0, 0.1) is 0 Å². The Kier molecular flexibility index (Phi) is 3.07. The summed E-state index contributed by atoms with van der Waals surface area (Å²) in [4.78, 5) is 0. The maximum Gasteiger partial charge on any atom is 0.250 e. The Labute approximate surface area is 53.4 Å². The second-order valence-corrected chi connectivity index (χ2v) is 1.97. The summed E-state index contributed by atoms with van der Waals surface area (Å²) in [5.41, 5.74) is 0. The molecule has 0 aromatic heterocycles. The highest BCUT2D eigenvalue weighted by molar-refractivity contribution is 4.63. The van der Waals surface area contributed by atoms with E-state index >= 15 is 0 Å². The van der Waals surface area contributed by atoms with E-state index in [0.717, 1.165) is 0 Å². The molecule has 0 aromatic carbocycles. The lowest BCUT2D eigenvalue weighted by Gasteiger charge is -2.19. The van der Waals surface area contributed by atoms with Gasteiger partial charge in [0.1, 0.15) is 0 Å². The first-order valence-corrected chi connectivity index (χ1v) is 2.79. The highest BCUT2D eigenvalue weighted by Crippen LogP contribution is 2.12. The van der Waals surface area contributed by atoms with Crippen LogP contribution in [0.1, 0.15) is 19.8 Å². The molecule has 0 aromatic rings. The predicted octanol–water partition coefficient (Wildman–Crippen LogP) is -0.784. The van der Waals surface area contributed by atoms with Crippen molar-refractivity contribution in [3.05, 3.63) is 0 Å². The summed E-state index contributed by atoms with van der Waals surface area (Å²) in [6, 6.07) is 0. The molecule has 0 saturated carbocycles. The highest BCUT2D eigenvalue weighted by Gasteiger charge is 2.32. The van der Waals surface area contributed by atoms with Gasteiger partial charge in [0.15, 0.2) is 0 Å². The van der Waals surface area contributed by atoms with Gasteiger partial charge in [0.25, 0.3) is 0 Å². The molecule has 0 aliphatic carbocycles. The van der Waals surface area contributed by atoms with Crippen molar-refractivity contribution in [2.45, 2.75) is 31.8 Å². The summed E-state index contributed by atoms with van der Waals surface area (Å²) in [6.45, 7) is 1.67. The summed E-state index contributed by atoms with van der Waals surface area (Å²) in [7, 11) is 0. The van der Waals surface area contributed by atoms with Crippen LogP contribution in [0.3, 0.4) is 0 Å². The third kappa shape index (κ3) is 2.76. The van der Waals surface area contributed by atoms with Crippen molar-refractivity contribution in [1.82, 2.24) is 0 Å². The highest BCUT2D eigenvalue weighted by atomic mass is 16.6. The van der Waals surface area contributed by atoms with E-state index in [1.54, 1.807) is 6.92 Å². The minimum atomic E-state index is -2.59. The van der Waals surface area contributed by atoms with Crippen LogP contribution >= 0.6 is 0 Å². The molecule has 1 atom stereocenters. The molecule has 4 nitrogen and oxygen atoms in total. The first kappa shape index (κ1) is 8.84. The topological polar surface area (TPSA) is 80.6 Å². The molecule has 55 valence electrons. The third-order valence-corrected chi connectivity index (χ3v) is 1.01. The van der Waals surface area contributed by atoms with Gasteiger partial charge in [-0.05, 0) is 0 Å². The van der Waals surface area contributed by atoms with Crippen LogP contribution in [0.5, 0.6) is 0 Å². The van der Waals surface area contributed by atoms with Crippen molar-refractivity contribution in [3.63, 3.8) is 0 Å². The van der Waals surface area contributed by atoms with E-state index < -0.39 is 12.1 Å². The molecular weight excluding hydrogens is 124 g/mol. The fourth-order valence-corrected chi connectivity index (χ4v) is 0.487. The van der Waals surface area contributed by atoms with Crippen molar-refractivity contribution < 1.29 is 20.4 Å². The van der Waals surface area contributed by atoms with Crippen LogP contribution in [-0.4, -0.2) is 27.4 Å². The molecule has 0 saturated heterocycles. The van der Waals surface area contributed by atoms with E-state index in [0.29, 0.717) is 6.42 Å². The fraction of sp³-hybridized carbons (Fsp3) is 1.00. The minimum Gasteiger partial charge on any atom is -0.364 e. The summed E-state index contributed by atoms with van der Waals surface area (Å²) >= 11 is 0. The zero-order chi connectivity index (χ0) is 7.49. The van der Waals surface area contributed by atoms with Crippen molar-refractivity contribution in [3.8, 4) is 0 Å². The Morgan fingerprint density at radius 2 is 2.00 bits per heavy atom. The van der Waals surface area contributed by atoms with E-state index in [1.165, 1.54) is 0 Å². The predicted molar refractivity (Wildman–Crippen MR) is 28.8 cm³/mol. The molecule has 0 amide bonds. The molecule has 1 radical (unpaired) electrons. The second-order valence-electron chi connectivity index (χ2n) is 1.97. The molecule has 0 rings (SSSR count). The van der Waals surface area contributed by atoms with E-state index in [2.05, 4.69) is 0 Å². The Hall–Kier alpha value is -0.160. The van der Waals surface area contributed by atoms with Gasteiger partial charge in [0, 0.05) is 6.42 Å². The van der Waals surface area contributed by atoms with Gasteiger partial charge in [-0.1, -0.05) is 13.3 Å². The largest absolute Gasteiger partial charge is 0.364 e. The third-order valence-electron chi connectivity index (χ3n) is 1.01. The first-order chi connectivity index (χ1) is 4.00. The zero-order valence-corrected chi connectivity index (χ0v) is 5.24. The van der Waals surface area contributed by atoms with E-state index in [4.69, 9.17) is 15.3 Å². The average Bonchev–Trinajstić information content (AvgIpc) is 1.65. The molecule has 0 heterocycles. The lowest BCUT2D eigenvalue weighted by atomic mass is 10.1. The summed E-state index contributed by atoms with van der Waals surface area (Å²) in [5, 5.41) is 35.4. The zero-order valence-electron chi connectivity index (χ0n) is 5.24. The first-order valence-electron chi connectivity index (χ1n) is 2.79. The number of hydrogen-bond acceptors (Lipinski definition) is 3. The van der Waals surface area contributed by atoms with Gasteiger partial charge in [-0.25, -0.2) is 0 Å². The van der Waals surface area contributed by atoms with Gasteiger partial charge in [0.05, 0.1) is 0 Å². The number of aliphatic hydroxyl groups excluding tert-OH is 1. The smallest absolute Gasteiger partial charge is 0.250 e. The molecule has 0 aliphatic rings. The molecule has 0 fully saturated rings.